The average molecular weight is 614 g/mol. The first-order valence-electron chi connectivity index (χ1n) is 13.8. The highest BCUT2D eigenvalue weighted by atomic mass is 79.9. The Labute approximate surface area is 249 Å². The Bertz CT molecular complexity index is 1440. The number of carbonyl (C=O) groups excluding carboxylic acids is 1. The molecule has 0 radical (unpaired) electrons. The van der Waals surface area contributed by atoms with Crippen LogP contribution in [0.2, 0.25) is 0 Å². The van der Waals surface area contributed by atoms with Crippen molar-refractivity contribution < 1.29 is 19.4 Å². The predicted octanol–water partition coefficient (Wildman–Crippen LogP) is 6.07. The van der Waals surface area contributed by atoms with Gasteiger partial charge in [-0.15, -0.1) is 0 Å². The lowest BCUT2D eigenvalue weighted by atomic mass is 9.82. The number of aliphatic hydroxyl groups excluding tert-OH is 1. The van der Waals surface area contributed by atoms with Crippen molar-refractivity contribution in [1.82, 2.24) is 5.32 Å². The Morgan fingerprint density at radius 3 is 2.27 bits per heavy atom. The zero-order valence-electron chi connectivity index (χ0n) is 22.7. The molecule has 1 amide bonds. The molecular weight excluding hydrogens is 580 g/mol. The lowest BCUT2D eigenvalue weighted by Gasteiger charge is -2.31. The molecule has 4 aromatic carbocycles. The molecular formula is C34H33BrN2O4. The molecule has 210 valence electrons. The minimum Gasteiger partial charge on any atom is -0.494 e. The molecule has 2 atom stereocenters. The largest absolute Gasteiger partial charge is 0.494 e. The van der Waals surface area contributed by atoms with E-state index in [-0.39, 0.29) is 12.5 Å². The van der Waals surface area contributed by atoms with Crippen molar-refractivity contribution in [2.45, 2.75) is 30.9 Å². The Balaban J connectivity index is 1.47. The minimum absolute atomic E-state index is 0.0816. The molecule has 6 nitrogen and oxygen atoms in total. The zero-order chi connectivity index (χ0) is 28.5. The van der Waals surface area contributed by atoms with E-state index in [9.17, 15) is 4.79 Å². The number of nitrogens with zero attached hydrogens (tertiary/aromatic N) is 1. The molecule has 4 aromatic rings. The topological polar surface area (TPSA) is 80.2 Å². The van der Waals surface area contributed by atoms with E-state index in [1.54, 1.807) is 0 Å². The highest BCUT2D eigenvalue weighted by molar-refractivity contribution is 9.10. The van der Waals surface area contributed by atoms with Crippen molar-refractivity contribution in [3.63, 3.8) is 0 Å². The van der Waals surface area contributed by atoms with Gasteiger partial charge in [-0.05, 0) is 59.5 Å². The Hall–Kier alpha value is -3.94. The van der Waals surface area contributed by atoms with Crippen LogP contribution in [0.4, 0.5) is 0 Å². The third-order valence-corrected chi connectivity index (χ3v) is 7.59. The fraction of sp³-hybridized carbons (Fsp3) is 0.235. The third kappa shape index (κ3) is 7.04. The maximum absolute atomic E-state index is 14.2. The molecule has 0 aliphatic carbocycles. The van der Waals surface area contributed by atoms with Gasteiger partial charge in [-0.2, -0.15) is 0 Å². The van der Waals surface area contributed by atoms with E-state index in [0.717, 1.165) is 26.7 Å². The van der Waals surface area contributed by atoms with Crippen LogP contribution in [-0.4, -0.2) is 42.2 Å². The molecule has 41 heavy (non-hydrogen) atoms. The van der Waals surface area contributed by atoms with Gasteiger partial charge in [-0.3, -0.25) is 4.79 Å². The second kappa shape index (κ2) is 13.6. The quantitative estimate of drug-likeness (QED) is 0.190. The molecule has 0 fully saturated rings. The number of halogens is 1. The summed E-state index contributed by atoms with van der Waals surface area (Å²) in [5.74, 6) is 0.938. The molecule has 0 unspecified atom stereocenters. The Kier molecular flexibility index (Phi) is 9.49. The lowest BCUT2D eigenvalue weighted by molar-refractivity contribution is -0.128. The van der Waals surface area contributed by atoms with Crippen molar-refractivity contribution in [3.05, 3.63) is 136 Å². The number of amides is 1. The summed E-state index contributed by atoms with van der Waals surface area (Å²) in [6.07, 6.45) is 1.02. The van der Waals surface area contributed by atoms with Gasteiger partial charge in [0.15, 0.2) is 11.6 Å². The molecule has 0 spiro atoms. The first kappa shape index (κ1) is 28.6. The number of carbonyl (C=O) groups is 1. The van der Waals surface area contributed by atoms with Crippen molar-refractivity contribution >= 4 is 27.7 Å². The van der Waals surface area contributed by atoms with Crippen LogP contribution in [0.15, 0.2) is 119 Å². The van der Waals surface area contributed by atoms with E-state index in [0.29, 0.717) is 44.1 Å². The van der Waals surface area contributed by atoms with E-state index >= 15 is 0 Å². The maximum Gasteiger partial charge on any atom is 0.252 e. The molecule has 5 rings (SSSR count). The molecule has 2 N–H and O–H groups in total. The molecule has 0 bridgehead atoms. The predicted molar refractivity (Wildman–Crippen MR) is 164 cm³/mol. The van der Waals surface area contributed by atoms with Gasteiger partial charge in [-0.1, -0.05) is 88.7 Å². The van der Waals surface area contributed by atoms with E-state index in [1.165, 1.54) is 0 Å². The summed E-state index contributed by atoms with van der Waals surface area (Å²) in [6.45, 7) is 0.992. The van der Waals surface area contributed by atoms with Crippen LogP contribution < -0.4 is 10.1 Å². The summed E-state index contributed by atoms with van der Waals surface area (Å²) < 4.78 is 13.3. The number of aliphatic hydroxyl groups is 1. The minimum atomic E-state index is -1.21. The fourth-order valence-electron chi connectivity index (χ4n) is 4.94. The highest BCUT2D eigenvalue weighted by Crippen LogP contribution is 2.42. The summed E-state index contributed by atoms with van der Waals surface area (Å²) in [6, 6.07) is 35.4. The van der Waals surface area contributed by atoms with E-state index in [1.807, 2.05) is 97.1 Å². The fourth-order valence-corrected chi connectivity index (χ4v) is 5.21. The van der Waals surface area contributed by atoms with Gasteiger partial charge in [0.2, 0.25) is 5.90 Å². The van der Waals surface area contributed by atoms with Gasteiger partial charge < -0.3 is 19.9 Å². The monoisotopic (exact) mass is 612 g/mol. The smallest absolute Gasteiger partial charge is 0.252 e. The van der Waals surface area contributed by atoms with Gasteiger partial charge in [0.25, 0.3) is 5.91 Å². The number of rotatable bonds is 12. The average Bonchev–Trinajstić information content (AvgIpc) is 3.40. The van der Waals surface area contributed by atoms with Crippen LogP contribution in [0, 0.1) is 0 Å². The standard InChI is InChI=1S/C34H33BrN2O4/c35-29-16-12-25(13-17-29)20-21-36-33(39)34(24-26-8-3-1-4-9-26)31(27-10-5-2-6-11-27)41-32(37-34)28-14-18-30(19-15-28)40-23-7-22-38/h1-6,8-19,31,38H,7,20-24H2,(H,36,39)/t31-,34-/m1/s1. The lowest BCUT2D eigenvalue weighted by Crippen LogP contribution is -2.50. The summed E-state index contributed by atoms with van der Waals surface area (Å²) >= 11 is 3.48. The van der Waals surface area contributed by atoms with Crippen LogP contribution >= 0.6 is 15.9 Å². The number of hydrogen-bond acceptors (Lipinski definition) is 5. The second-order valence-electron chi connectivity index (χ2n) is 9.99. The molecule has 1 aliphatic rings. The van der Waals surface area contributed by atoms with Crippen LogP contribution in [0.25, 0.3) is 0 Å². The van der Waals surface area contributed by atoms with Crippen LogP contribution in [-0.2, 0) is 22.4 Å². The molecule has 0 saturated carbocycles. The van der Waals surface area contributed by atoms with Gasteiger partial charge >= 0.3 is 0 Å². The molecule has 0 saturated heterocycles. The Morgan fingerprint density at radius 1 is 0.902 bits per heavy atom. The van der Waals surface area contributed by atoms with E-state index in [2.05, 4.69) is 33.4 Å². The highest BCUT2D eigenvalue weighted by Gasteiger charge is 2.53. The van der Waals surface area contributed by atoms with Crippen molar-refractivity contribution in [3.8, 4) is 5.75 Å². The van der Waals surface area contributed by atoms with Crippen LogP contribution in [0.5, 0.6) is 5.75 Å². The molecule has 7 heteroatoms. The summed E-state index contributed by atoms with van der Waals surface area (Å²) in [4.78, 5) is 19.3. The number of hydrogen-bond donors (Lipinski definition) is 2. The summed E-state index contributed by atoms with van der Waals surface area (Å²) in [5.41, 5.74) is 2.57. The maximum atomic E-state index is 14.2. The van der Waals surface area contributed by atoms with Crippen LogP contribution in [0.3, 0.4) is 0 Å². The second-order valence-corrected chi connectivity index (χ2v) is 10.9. The normalized spacial score (nSPS) is 17.9. The number of aliphatic imine (C=N–C) groups is 1. The number of ether oxygens (including phenoxy) is 2. The third-order valence-electron chi connectivity index (χ3n) is 7.06. The van der Waals surface area contributed by atoms with Gasteiger partial charge in [0.1, 0.15) is 5.75 Å². The molecule has 0 aromatic heterocycles. The molecule has 1 aliphatic heterocycles. The van der Waals surface area contributed by atoms with Crippen molar-refractivity contribution in [2.75, 3.05) is 19.8 Å². The number of benzene rings is 4. The first-order chi connectivity index (χ1) is 20.1. The van der Waals surface area contributed by atoms with E-state index < -0.39 is 11.6 Å². The summed E-state index contributed by atoms with van der Waals surface area (Å²) in [7, 11) is 0. The summed E-state index contributed by atoms with van der Waals surface area (Å²) in [5, 5.41) is 12.2. The van der Waals surface area contributed by atoms with Gasteiger partial charge in [0, 0.05) is 36.0 Å². The first-order valence-corrected chi connectivity index (χ1v) is 14.6. The van der Waals surface area contributed by atoms with Crippen molar-refractivity contribution in [2.24, 2.45) is 4.99 Å². The van der Waals surface area contributed by atoms with E-state index in [4.69, 9.17) is 19.6 Å². The SMILES string of the molecule is O=C(NCCc1ccc(Br)cc1)[C@]1(Cc2ccccc2)N=C(c2ccc(OCCCO)cc2)O[C@@H]1c1ccccc1. The Morgan fingerprint density at radius 2 is 1.59 bits per heavy atom. The van der Waals surface area contributed by atoms with Crippen molar-refractivity contribution in [1.29, 1.82) is 0 Å². The van der Waals surface area contributed by atoms with Gasteiger partial charge in [-0.25, -0.2) is 4.99 Å². The van der Waals surface area contributed by atoms with Gasteiger partial charge in [0.05, 0.1) is 6.61 Å². The van der Waals surface area contributed by atoms with Crippen LogP contribution in [0.1, 0.15) is 34.8 Å². The molecule has 1 heterocycles. The number of nitrogens with one attached hydrogen (secondary N) is 1. The zero-order valence-corrected chi connectivity index (χ0v) is 24.3.